The average molecular weight is 142 g/mol. The van der Waals surface area contributed by atoms with Crippen molar-refractivity contribution in [1.29, 1.82) is 0 Å². The van der Waals surface area contributed by atoms with Crippen LogP contribution in [0.25, 0.3) is 0 Å². The Labute approximate surface area is 59.0 Å². The predicted molar refractivity (Wildman–Crippen MR) is 35.5 cm³/mol. The van der Waals surface area contributed by atoms with E-state index >= 15 is 0 Å². The number of rotatable bonds is 1. The van der Waals surface area contributed by atoms with Crippen LogP contribution in [-0.2, 0) is 4.79 Å². The van der Waals surface area contributed by atoms with Gasteiger partial charge in [-0.1, -0.05) is 12.2 Å². The third-order valence-corrected chi connectivity index (χ3v) is 1.65. The van der Waals surface area contributed by atoms with E-state index in [2.05, 4.69) is 0 Å². The Bertz CT molecular complexity index is 162. The zero-order valence-electron chi connectivity index (χ0n) is 5.53. The van der Waals surface area contributed by atoms with Crippen LogP contribution < -0.4 is 0 Å². The van der Waals surface area contributed by atoms with Gasteiger partial charge in [0.15, 0.2) is 0 Å². The summed E-state index contributed by atoms with van der Waals surface area (Å²) in [6.07, 6.45) is 3.69. The Kier molecular flexibility index (Phi) is 2.06. The van der Waals surface area contributed by atoms with Gasteiger partial charge in [-0.25, -0.2) is 0 Å². The van der Waals surface area contributed by atoms with Gasteiger partial charge < -0.3 is 10.2 Å². The molecule has 2 atom stereocenters. The lowest BCUT2D eigenvalue weighted by Gasteiger charge is -2.16. The molecule has 0 bridgehead atoms. The van der Waals surface area contributed by atoms with E-state index in [0.717, 1.165) is 0 Å². The fourth-order valence-electron chi connectivity index (χ4n) is 1.07. The first-order valence-electron chi connectivity index (χ1n) is 3.27. The monoisotopic (exact) mass is 142 g/mol. The normalized spacial score (nSPS) is 32.1. The smallest absolute Gasteiger partial charge is 0.306 e. The molecule has 0 saturated heterocycles. The molecule has 0 aromatic rings. The molecule has 1 unspecified atom stereocenters. The molecule has 0 aromatic carbocycles. The van der Waals surface area contributed by atoms with Crippen LogP contribution in [0.15, 0.2) is 12.2 Å². The molecule has 1 rings (SSSR count). The molecule has 0 heterocycles. The second-order valence-electron chi connectivity index (χ2n) is 2.50. The number of allylic oxidation sites excluding steroid dienone is 1. The molecule has 1 aliphatic carbocycles. The summed E-state index contributed by atoms with van der Waals surface area (Å²) in [5.41, 5.74) is 0. The van der Waals surface area contributed by atoms with Crippen molar-refractivity contribution in [2.75, 3.05) is 0 Å². The van der Waals surface area contributed by atoms with Crippen molar-refractivity contribution in [1.82, 2.24) is 0 Å². The Morgan fingerprint density at radius 2 is 2.30 bits per heavy atom. The largest absolute Gasteiger partial charge is 0.481 e. The number of carbonyl (C=O) groups is 1. The summed E-state index contributed by atoms with van der Waals surface area (Å²) in [5.74, 6) is -1.21. The SMILES string of the molecule is O=C(O)C1CC=C[C@H](O)C1. The zero-order valence-corrected chi connectivity index (χ0v) is 5.53. The van der Waals surface area contributed by atoms with E-state index in [1.807, 2.05) is 0 Å². The maximum absolute atomic E-state index is 10.4. The molecular formula is C7H10O3. The van der Waals surface area contributed by atoms with Gasteiger partial charge in [-0.15, -0.1) is 0 Å². The molecule has 0 fully saturated rings. The minimum absolute atomic E-state index is 0.353. The van der Waals surface area contributed by atoms with Crippen LogP contribution in [0.3, 0.4) is 0 Å². The fourth-order valence-corrected chi connectivity index (χ4v) is 1.07. The summed E-state index contributed by atoms with van der Waals surface area (Å²) in [4.78, 5) is 10.4. The van der Waals surface area contributed by atoms with Crippen molar-refractivity contribution < 1.29 is 15.0 Å². The van der Waals surface area contributed by atoms with Gasteiger partial charge in [0.1, 0.15) is 0 Å². The number of carboxylic acids is 1. The number of aliphatic hydroxyl groups excluding tert-OH is 1. The van der Waals surface area contributed by atoms with Crippen LogP contribution in [0.4, 0.5) is 0 Å². The second kappa shape index (κ2) is 2.84. The molecule has 2 N–H and O–H groups in total. The van der Waals surface area contributed by atoms with Crippen molar-refractivity contribution in [2.24, 2.45) is 5.92 Å². The highest BCUT2D eigenvalue weighted by atomic mass is 16.4. The average Bonchev–Trinajstić information content (AvgIpc) is 1.88. The number of aliphatic carboxylic acids is 1. The van der Waals surface area contributed by atoms with E-state index in [9.17, 15) is 4.79 Å². The Balaban J connectivity index is 2.52. The van der Waals surface area contributed by atoms with Crippen molar-refractivity contribution in [3.05, 3.63) is 12.2 Å². The first-order valence-corrected chi connectivity index (χ1v) is 3.27. The summed E-state index contributed by atoms with van der Waals surface area (Å²) in [5, 5.41) is 17.5. The van der Waals surface area contributed by atoms with Crippen LogP contribution in [0.2, 0.25) is 0 Å². The third-order valence-electron chi connectivity index (χ3n) is 1.65. The van der Waals surface area contributed by atoms with Gasteiger partial charge in [-0.05, 0) is 12.8 Å². The summed E-state index contributed by atoms with van der Waals surface area (Å²) in [6, 6.07) is 0. The minimum atomic E-state index is -0.816. The van der Waals surface area contributed by atoms with Crippen LogP contribution in [0.1, 0.15) is 12.8 Å². The molecule has 0 saturated carbocycles. The molecule has 0 amide bonds. The minimum Gasteiger partial charge on any atom is -0.481 e. The van der Waals surface area contributed by atoms with Crippen LogP contribution in [0.5, 0.6) is 0 Å². The van der Waals surface area contributed by atoms with Gasteiger partial charge in [-0.3, -0.25) is 4.79 Å². The lowest BCUT2D eigenvalue weighted by molar-refractivity contribution is -0.142. The zero-order chi connectivity index (χ0) is 7.56. The lowest BCUT2D eigenvalue weighted by Crippen LogP contribution is -2.21. The topological polar surface area (TPSA) is 57.5 Å². The summed E-state index contributed by atoms with van der Waals surface area (Å²) in [7, 11) is 0. The van der Waals surface area contributed by atoms with Crippen LogP contribution in [0, 0.1) is 5.92 Å². The summed E-state index contributed by atoms with van der Waals surface area (Å²) in [6.45, 7) is 0. The van der Waals surface area contributed by atoms with E-state index < -0.39 is 12.1 Å². The van der Waals surface area contributed by atoms with Crippen LogP contribution >= 0.6 is 0 Å². The predicted octanol–water partition coefficient (Wildman–Crippen LogP) is 0.398. The Morgan fingerprint density at radius 1 is 1.60 bits per heavy atom. The maximum Gasteiger partial charge on any atom is 0.306 e. The first kappa shape index (κ1) is 7.28. The molecule has 3 heteroatoms. The Morgan fingerprint density at radius 3 is 2.70 bits per heavy atom. The van der Waals surface area contributed by atoms with E-state index in [1.54, 1.807) is 12.2 Å². The van der Waals surface area contributed by atoms with Gasteiger partial charge in [0.2, 0.25) is 0 Å². The number of hydrogen-bond acceptors (Lipinski definition) is 2. The molecule has 0 aliphatic heterocycles. The van der Waals surface area contributed by atoms with E-state index in [4.69, 9.17) is 10.2 Å². The van der Waals surface area contributed by atoms with E-state index in [-0.39, 0.29) is 5.92 Å². The van der Waals surface area contributed by atoms with Crippen LogP contribution in [-0.4, -0.2) is 22.3 Å². The van der Waals surface area contributed by atoms with Gasteiger partial charge >= 0.3 is 5.97 Å². The third kappa shape index (κ3) is 1.57. The molecule has 0 aromatic heterocycles. The van der Waals surface area contributed by atoms with Gasteiger partial charge in [0, 0.05) is 0 Å². The molecule has 3 nitrogen and oxygen atoms in total. The molecule has 10 heavy (non-hydrogen) atoms. The maximum atomic E-state index is 10.4. The second-order valence-corrected chi connectivity index (χ2v) is 2.50. The van der Waals surface area contributed by atoms with Crippen molar-refractivity contribution >= 4 is 5.97 Å². The highest BCUT2D eigenvalue weighted by molar-refractivity contribution is 5.70. The molecule has 56 valence electrons. The highest BCUT2D eigenvalue weighted by Crippen LogP contribution is 2.18. The van der Waals surface area contributed by atoms with Gasteiger partial charge in [0.05, 0.1) is 12.0 Å². The van der Waals surface area contributed by atoms with E-state index in [0.29, 0.717) is 12.8 Å². The number of carboxylic acid groups (broad SMARTS) is 1. The summed E-state index contributed by atoms with van der Waals surface area (Å²) < 4.78 is 0. The quantitative estimate of drug-likeness (QED) is 0.521. The van der Waals surface area contributed by atoms with Crippen molar-refractivity contribution in [2.45, 2.75) is 18.9 Å². The highest BCUT2D eigenvalue weighted by Gasteiger charge is 2.21. The fraction of sp³-hybridized carbons (Fsp3) is 0.571. The number of hydrogen-bond donors (Lipinski definition) is 2. The summed E-state index contributed by atoms with van der Waals surface area (Å²) >= 11 is 0. The van der Waals surface area contributed by atoms with Gasteiger partial charge in [-0.2, -0.15) is 0 Å². The van der Waals surface area contributed by atoms with Gasteiger partial charge in [0.25, 0.3) is 0 Å². The molecule has 1 aliphatic rings. The molecule has 0 radical (unpaired) electrons. The van der Waals surface area contributed by atoms with E-state index in [1.165, 1.54) is 0 Å². The molecule has 0 spiro atoms. The first-order chi connectivity index (χ1) is 4.70. The number of aliphatic hydroxyl groups is 1. The molecular weight excluding hydrogens is 132 g/mol. The Hall–Kier alpha value is -0.830. The van der Waals surface area contributed by atoms with Crippen molar-refractivity contribution in [3.8, 4) is 0 Å². The standard InChI is InChI=1S/C7H10O3/c8-6-3-1-2-5(4-6)7(9)10/h1,3,5-6,8H,2,4H2,(H,9,10)/t5?,6-/m0/s1. The van der Waals surface area contributed by atoms with Crippen molar-refractivity contribution in [3.63, 3.8) is 0 Å². The lowest BCUT2D eigenvalue weighted by atomic mass is 9.93.